The SMILES string of the molecule is O=C(O)C1(C(=O)O)NCCC1=O. The number of rotatable bonds is 2. The van der Waals surface area contributed by atoms with Crippen LogP contribution in [0.4, 0.5) is 0 Å². The van der Waals surface area contributed by atoms with Crippen molar-refractivity contribution in [3.63, 3.8) is 0 Å². The molecule has 12 heavy (non-hydrogen) atoms. The lowest BCUT2D eigenvalue weighted by Crippen LogP contribution is -2.59. The second-order valence-corrected chi connectivity index (χ2v) is 2.46. The summed E-state index contributed by atoms with van der Waals surface area (Å²) in [6.07, 6.45) is -0.0569. The normalized spacial score (nSPS) is 20.8. The summed E-state index contributed by atoms with van der Waals surface area (Å²) < 4.78 is 0. The monoisotopic (exact) mass is 173 g/mol. The number of carboxylic acids is 2. The highest BCUT2D eigenvalue weighted by Crippen LogP contribution is 2.15. The predicted molar refractivity (Wildman–Crippen MR) is 35.6 cm³/mol. The Balaban J connectivity index is 3.10. The van der Waals surface area contributed by atoms with Crippen LogP contribution < -0.4 is 5.32 Å². The Hall–Kier alpha value is -1.43. The van der Waals surface area contributed by atoms with E-state index >= 15 is 0 Å². The average molecular weight is 173 g/mol. The molecule has 0 radical (unpaired) electrons. The standard InChI is InChI=1S/C6H7NO5/c8-3-1-2-7-6(3,4(9)10)5(11)12/h7H,1-2H2,(H,9,10)(H,11,12). The van der Waals surface area contributed by atoms with Crippen molar-refractivity contribution in [1.82, 2.24) is 5.32 Å². The van der Waals surface area contributed by atoms with Crippen LogP contribution in [-0.2, 0) is 14.4 Å². The van der Waals surface area contributed by atoms with E-state index in [2.05, 4.69) is 5.32 Å². The lowest BCUT2D eigenvalue weighted by molar-refractivity contribution is -0.160. The third-order valence-corrected chi connectivity index (χ3v) is 1.80. The molecule has 0 bridgehead atoms. The van der Waals surface area contributed by atoms with Gasteiger partial charge in [-0.1, -0.05) is 0 Å². The van der Waals surface area contributed by atoms with Gasteiger partial charge in [-0.15, -0.1) is 0 Å². The first kappa shape index (κ1) is 8.66. The van der Waals surface area contributed by atoms with E-state index in [1.165, 1.54) is 0 Å². The lowest BCUT2D eigenvalue weighted by atomic mass is 9.97. The van der Waals surface area contributed by atoms with Crippen LogP contribution in [0.5, 0.6) is 0 Å². The van der Waals surface area contributed by atoms with Crippen LogP contribution in [-0.4, -0.2) is 40.0 Å². The molecule has 0 unspecified atom stereocenters. The third kappa shape index (κ3) is 0.884. The Morgan fingerprint density at radius 1 is 1.33 bits per heavy atom. The summed E-state index contributed by atoms with van der Waals surface area (Å²) in [5, 5.41) is 19.3. The van der Waals surface area contributed by atoms with Crippen molar-refractivity contribution in [3.05, 3.63) is 0 Å². The van der Waals surface area contributed by atoms with Gasteiger partial charge in [-0.2, -0.15) is 0 Å². The van der Waals surface area contributed by atoms with Gasteiger partial charge in [0.25, 0.3) is 5.54 Å². The molecule has 0 amide bonds. The van der Waals surface area contributed by atoms with Crippen LogP contribution >= 0.6 is 0 Å². The van der Waals surface area contributed by atoms with Gasteiger partial charge in [-0.05, 0) is 0 Å². The van der Waals surface area contributed by atoms with Crippen LogP contribution in [0.1, 0.15) is 6.42 Å². The van der Waals surface area contributed by atoms with Gasteiger partial charge < -0.3 is 10.2 Å². The summed E-state index contributed by atoms with van der Waals surface area (Å²) >= 11 is 0. The topological polar surface area (TPSA) is 104 Å². The van der Waals surface area contributed by atoms with Crippen LogP contribution in [0.15, 0.2) is 0 Å². The molecule has 6 heteroatoms. The van der Waals surface area contributed by atoms with Crippen molar-refractivity contribution in [2.75, 3.05) is 6.54 Å². The first-order valence-electron chi connectivity index (χ1n) is 3.27. The summed E-state index contributed by atoms with van der Waals surface area (Å²) in [6.45, 7) is 0.0947. The zero-order valence-electron chi connectivity index (χ0n) is 6.03. The molecule has 1 aliphatic rings. The van der Waals surface area contributed by atoms with Crippen molar-refractivity contribution in [1.29, 1.82) is 0 Å². The molecule has 0 atom stereocenters. The van der Waals surface area contributed by atoms with Gasteiger partial charge in [-0.25, -0.2) is 9.59 Å². The van der Waals surface area contributed by atoms with Crippen molar-refractivity contribution in [3.8, 4) is 0 Å². The molecule has 1 saturated heterocycles. The van der Waals surface area contributed by atoms with Gasteiger partial charge in [0.05, 0.1) is 0 Å². The van der Waals surface area contributed by atoms with E-state index in [0.29, 0.717) is 0 Å². The number of ketones is 1. The molecular weight excluding hydrogens is 166 g/mol. The summed E-state index contributed by atoms with van der Waals surface area (Å²) in [6, 6.07) is 0. The second kappa shape index (κ2) is 2.56. The van der Waals surface area contributed by atoms with Crippen LogP contribution in [0.25, 0.3) is 0 Å². The van der Waals surface area contributed by atoms with Crippen molar-refractivity contribution < 1.29 is 24.6 Å². The summed E-state index contributed by atoms with van der Waals surface area (Å²) in [7, 11) is 0. The molecule has 1 rings (SSSR count). The van der Waals surface area contributed by atoms with Gasteiger partial charge in [0.2, 0.25) is 0 Å². The van der Waals surface area contributed by atoms with Gasteiger partial charge in [0, 0.05) is 13.0 Å². The highest BCUT2D eigenvalue weighted by molar-refractivity contribution is 6.25. The summed E-state index contributed by atoms with van der Waals surface area (Å²) in [5.74, 6) is -4.11. The second-order valence-electron chi connectivity index (χ2n) is 2.46. The summed E-state index contributed by atoms with van der Waals surface area (Å²) in [4.78, 5) is 32.0. The molecule has 0 aromatic heterocycles. The first-order chi connectivity index (χ1) is 5.51. The Morgan fingerprint density at radius 3 is 2.00 bits per heavy atom. The first-order valence-corrected chi connectivity index (χ1v) is 3.27. The largest absolute Gasteiger partial charge is 0.479 e. The van der Waals surface area contributed by atoms with E-state index in [9.17, 15) is 14.4 Å². The lowest BCUT2D eigenvalue weighted by Gasteiger charge is -2.16. The molecule has 1 fully saturated rings. The Bertz CT molecular complexity index is 245. The molecule has 6 nitrogen and oxygen atoms in total. The van der Waals surface area contributed by atoms with Crippen molar-refractivity contribution >= 4 is 17.7 Å². The number of hydrogen-bond donors (Lipinski definition) is 3. The maximum absolute atomic E-state index is 11.0. The maximum Gasteiger partial charge on any atom is 0.343 e. The highest BCUT2D eigenvalue weighted by atomic mass is 16.4. The molecule has 66 valence electrons. The van der Waals surface area contributed by atoms with Gasteiger partial charge in [0.1, 0.15) is 0 Å². The molecule has 3 N–H and O–H groups in total. The molecule has 0 aliphatic carbocycles. The molecule has 0 spiro atoms. The van der Waals surface area contributed by atoms with Gasteiger partial charge in [-0.3, -0.25) is 10.1 Å². The number of carboxylic acid groups (broad SMARTS) is 2. The number of hydrogen-bond acceptors (Lipinski definition) is 4. The molecule has 0 saturated carbocycles. The predicted octanol–water partition coefficient (Wildman–Crippen LogP) is -1.54. The zero-order chi connectivity index (χ0) is 9.35. The van der Waals surface area contributed by atoms with E-state index in [-0.39, 0.29) is 13.0 Å². The van der Waals surface area contributed by atoms with Crippen LogP contribution in [0, 0.1) is 0 Å². The molecule has 1 aliphatic heterocycles. The number of nitrogens with one attached hydrogen (secondary N) is 1. The Morgan fingerprint density at radius 2 is 1.83 bits per heavy atom. The molecule has 0 aromatic rings. The van der Waals surface area contributed by atoms with Crippen LogP contribution in [0.2, 0.25) is 0 Å². The van der Waals surface area contributed by atoms with Crippen molar-refractivity contribution in [2.24, 2.45) is 0 Å². The van der Waals surface area contributed by atoms with Crippen molar-refractivity contribution in [2.45, 2.75) is 12.0 Å². The number of aliphatic carboxylic acids is 2. The van der Waals surface area contributed by atoms with Gasteiger partial charge in [0.15, 0.2) is 5.78 Å². The van der Waals surface area contributed by atoms with E-state index in [1.54, 1.807) is 0 Å². The van der Waals surface area contributed by atoms with E-state index in [4.69, 9.17) is 10.2 Å². The fourth-order valence-electron chi connectivity index (χ4n) is 1.13. The van der Waals surface area contributed by atoms with Gasteiger partial charge >= 0.3 is 11.9 Å². The smallest absolute Gasteiger partial charge is 0.343 e. The number of Topliss-reactive ketones (excluding diaryl/α,β-unsaturated/α-hetero) is 1. The quantitative estimate of drug-likeness (QED) is 0.437. The highest BCUT2D eigenvalue weighted by Gasteiger charge is 2.56. The summed E-state index contributed by atoms with van der Waals surface area (Å²) in [5.41, 5.74) is -2.40. The molecular formula is C6H7NO5. The van der Waals surface area contributed by atoms with E-state index in [0.717, 1.165) is 0 Å². The average Bonchev–Trinajstić information content (AvgIpc) is 2.31. The fourth-order valence-corrected chi connectivity index (χ4v) is 1.13. The minimum atomic E-state index is -2.40. The minimum absolute atomic E-state index is 0.0569. The number of carbonyl (C=O) groups is 3. The maximum atomic E-state index is 11.0. The fraction of sp³-hybridized carbons (Fsp3) is 0.500. The molecule has 0 aromatic carbocycles. The zero-order valence-corrected chi connectivity index (χ0v) is 6.03. The van der Waals surface area contributed by atoms with Crippen LogP contribution in [0.3, 0.4) is 0 Å². The Kier molecular flexibility index (Phi) is 1.85. The molecule has 1 heterocycles. The van der Waals surface area contributed by atoms with E-state index < -0.39 is 23.3 Å². The third-order valence-electron chi connectivity index (χ3n) is 1.80. The Labute approximate surface area is 67.2 Å². The van der Waals surface area contributed by atoms with E-state index in [1.807, 2.05) is 0 Å². The number of carbonyl (C=O) groups excluding carboxylic acids is 1. The minimum Gasteiger partial charge on any atom is -0.479 e.